The van der Waals surface area contributed by atoms with Crippen molar-refractivity contribution in [3.8, 4) is 22.4 Å². The lowest BCUT2D eigenvalue weighted by molar-refractivity contribution is -0.133. The number of likely N-dealkylation sites (tertiary alicyclic amines) is 1. The zero-order valence-electron chi connectivity index (χ0n) is 20.6. The summed E-state index contributed by atoms with van der Waals surface area (Å²) in [5.41, 5.74) is 0.914. The number of H-pyrrole nitrogens is 1. The smallest absolute Gasteiger partial charge is 0.331 e. The average molecular weight is 554 g/mol. The maximum Gasteiger partial charge on any atom is 0.331 e. The van der Waals surface area contributed by atoms with E-state index in [1.165, 1.54) is 17.8 Å². The normalized spacial score (nSPS) is 14.1. The SMILES string of the molecule is Cn1c(=O)c(-c2cccc(Cl)c2Cl)cn(CC(=O)N2CCC(n3cc(-c4ccccc4)[nH]c3=O)CC2)c1=O. The molecular formula is C27H25Cl2N5O4. The molecule has 1 amide bonds. The molecule has 11 heteroatoms. The van der Waals surface area contributed by atoms with E-state index < -0.39 is 11.2 Å². The predicted octanol–water partition coefficient (Wildman–Crippen LogP) is 3.54. The minimum atomic E-state index is -0.604. The number of amides is 1. The highest BCUT2D eigenvalue weighted by Crippen LogP contribution is 2.31. The number of nitrogens with one attached hydrogen (secondary N) is 1. The van der Waals surface area contributed by atoms with Crippen molar-refractivity contribution in [2.75, 3.05) is 13.1 Å². The number of halogens is 2. The summed E-state index contributed by atoms with van der Waals surface area (Å²) in [4.78, 5) is 55.9. The third kappa shape index (κ3) is 4.87. The number of hydrogen-bond donors (Lipinski definition) is 1. The van der Waals surface area contributed by atoms with E-state index in [0.717, 1.165) is 15.8 Å². The van der Waals surface area contributed by atoms with Gasteiger partial charge < -0.3 is 9.88 Å². The molecule has 0 unspecified atom stereocenters. The summed E-state index contributed by atoms with van der Waals surface area (Å²) in [5, 5.41) is 0.473. The molecule has 4 aromatic rings. The van der Waals surface area contributed by atoms with Crippen molar-refractivity contribution in [1.82, 2.24) is 23.6 Å². The van der Waals surface area contributed by atoms with Crippen molar-refractivity contribution in [2.24, 2.45) is 7.05 Å². The molecule has 0 atom stereocenters. The van der Waals surface area contributed by atoms with Crippen molar-refractivity contribution < 1.29 is 4.79 Å². The number of aromatic nitrogens is 4. The Morgan fingerprint density at radius 2 is 1.66 bits per heavy atom. The van der Waals surface area contributed by atoms with Gasteiger partial charge in [0.05, 0.1) is 21.3 Å². The molecule has 9 nitrogen and oxygen atoms in total. The van der Waals surface area contributed by atoms with E-state index in [4.69, 9.17) is 23.2 Å². The van der Waals surface area contributed by atoms with E-state index in [0.29, 0.717) is 31.5 Å². The highest BCUT2D eigenvalue weighted by Gasteiger charge is 2.26. The second-order valence-corrected chi connectivity index (χ2v) is 10.1. The predicted molar refractivity (Wildman–Crippen MR) is 147 cm³/mol. The Morgan fingerprint density at radius 1 is 0.947 bits per heavy atom. The van der Waals surface area contributed by atoms with E-state index in [1.807, 2.05) is 36.5 Å². The summed E-state index contributed by atoms with van der Waals surface area (Å²) in [6.07, 6.45) is 4.39. The van der Waals surface area contributed by atoms with Gasteiger partial charge in [-0.15, -0.1) is 0 Å². The van der Waals surface area contributed by atoms with Crippen LogP contribution in [0.25, 0.3) is 22.4 Å². The fourth-order valence-electron chi connectivity index (χ4n) is 4.82. The van der Waals surface area contributed by atoms with Crippen LogP contribution in [-0.4, -0.2) is 42.6 Å². The van der Waals surface area contributed by atoms with Gasteiger partial charge in [-0.05, 0) is 24.5 Å². The molecule has 0 spiro atoms. The third-order valence-electron chi connectivity index (χ3n) is 6.94. The molecule has 1 saturated heterocycles. The first-order valence-electron chi connectivity index (χ1n) is 12.1. The van der Waals surface area contributed by atoms with Crippen LogP contribution in [0.15, 0.2) is 75.3 Å². The van der Waals surface area contributed by atoms with Crippen molar-refractivity contribution in [3.63, 3.8) is 0 Å². The highest BCUT2D eigenvalue weighted by atomic mass is 35.5. The molecule has 3 heterocycles. The van der Waals surface area contributed by atoms with Crippen molar-refractivity contribution in [3.05, 3.63) is 102 Å². The molecule has 38 heavy (non-hydrogen) atoms. The zero-order chi connectivity index (χ0) is 27.0. The summed E-state index contributed by atoms with van der Waals surface area (Å²) in [5.74, 6) is -0.251. The molecule has 1 aliphatic heterocycles. The minimum absolute atomic E-state index is 0.0443. The number of rotatable bonds is 5. The van der Waals surface area contributed by atoms with E-state index in [2.05, 4.69) is 4.98 Å². The fraction of sp³-hybridized carbons (Fsp3) is 0.259. The minimum Gasteiger partial charge on any atom is -0.341 e. The topological polar surface area (TPSA) is 102 Å². The van der Waals surface area contributed by atoms with Crippen LogP contribution in [0.1, 0.15) is 18.9 Å². The van der Waals surface area contributed by atoms with Gasteiger partial charge in [-0.1, -0.05) is 65.7 Å². The molecule has 1 N–H and O–H groups in total. The van der Waals surface area contributed by atoms with Gasteiger partial charge in [0.15, 0.2) is 0 Å². The van der Waals surface area contributed by atoms with Gasteiger partial charge in [0.1, 0.15) is 6.54 Å². The largest absolute Gasteiger partial charge is 0.341 e. The molecular weight excluding hydrogens is 529 g/mol. The number of piperidine rings is 1. The Bertz CT molecular complexity index is 1680. The van der Waals surface area contributed by atoms with E-state index in [1.54, 1.807) is 27.7 Å². The first kappa shape index (κ1) is 25.8. The number of benzene rings is 2. The van der Waals surface area contributed by atoms with Gasteiger partial charge in [-0.3, -0.25) is 23.3 Å². The van der Waals surface area contributed by atoms with E-state index in [-0.39, 0.29) is 39.8 Å². The lowest BCUT2D eigenvalue weighted by Gasteiger charge is -2.32. The van der Waals surface area contributed by atoms with E-state index >= 15 is 0 Å². The first-order chi connectivity index (χ1) is 18.2. The number of aromatic amines is 1. The van der Waals surface area contributed by atoms with Crippen molar-refractivity contribution >= 4 is 29.1 Å². The van der Waals surface area contributed by atoms with Gasteiger partial charge in [-0.2, -0.15) is 0 Å². The lowest BCUT2D eigenvalue weighted by Crippen LogP contribution is -2.45. The number of imidazole rings is 1. The summed E-state index contributed by atoms with van der Waals surface area (Å²) >= 11 is 12.4. The fourth-order valence-corrected chi connectivity index (χ4v) is 5.22. The van der Waals surface area contributed by atoms with Crippen molar-refractivity contribution in [1.29, 1.82) is 0 Å². The molecule has 1 fully saturated rings. The van der Waals surface area contributed by atoms with Crippen LogP contribution in [0.2, 0.25) is 10.0 Å². The van der Waals surface area contributed by atoms with Crippen LogP contribution >= 0.6 is 23.2 Å². The summed E-state index contributed by atoms with van der Waals surface area (Å²) in [6, 6.07) is 14.5. The molecule has 196 valence electrons. The number of hydrogen-bond acceptors (Lipinski definition) is 4. The zero-order valence-corrected chi connectivity index (χ0v) is 22.1. The molecule has 0 radical (unpaired) electrons. The highest BCUT2D eigenvalue weighted by molar-refractivity contribution is 6.43. The second kappa shape index (κ2) is 10.5. The molecule has 1 aliphatic rings. The molecule has 2 aromatic carbocycles. The van der Waals surface area contributed by atoms with Crippen LogP contribution in [-0.2, 0) is 18.4 Å². The maximum absolute atomic E-state index is 13.1. The third-order valence-corrected chi connectivity index (χ3v) is 7.76. The number of carbonyl (C=O) groups excluding carboxylic acids is 1. The second-order valence-electron chi connectivity index (χ2n) is 9.28. The standard InChI is InChI=1S/C27H25Cl2N5O4/c1-31-25(36)20(19-8-5-9-21(28)24(19)29)14-33(27(31)38)16-23(35)32-12-10-18(11-13-32)34-15-22(30-26(34)37)17-6-3-2-4-7-17/h2-9,14-15,18H,10-13,16H2,1H3,(H,30,37). The summed E-state index contributed by atoms with van der Waals surface area (Å²) in [6.45, 7) is 0.648. The van der Waals surface area contributed by atoms with Gasteiger partial charge in [-0.25, -0.2) is 9.59 Å². The monoisotopic (exact) mass is 553 g/mol. The molecule has 0 aliphatic carbocycles. The van der Waals surface area contributed by atoms with Gasteiger partial charge in [0.25, 0.3) is 5.56 Å². The molecule has 5 rings (SSSR count). The van der Waals surface area contributed by atoms with Crippen LogP contribution in [0.4, 0.5) is 0 Å². The molecule has 2 aromatic heterocycles. The van der Waals surface area contributed by atoms with Crippen LogP contribution in [0.3, 0.4) is 0 Å². The van der Waals surface area contributed by atoms with Gasteiger partial charge in [0.2, 0.25) is 5.91 Å². The van der Waals surface area contributed by atoms with Crippen molar-refractivity contribution in [2.45, 2.75) is 25.4 Å². The molecule has 0 bridgehead atoms. The Labute approximate surface area is 227 Å². The average Bonchev–Trinajstić information content (AvgIpc) is 3.33. The summed E-state index contributed by atoms with van der Waals surface area (Å²) < 4.78 is 3.86. The van der Waals surface area contributed by atoms with Gasteiger partial charge >= 0.3 is 11.4 Å². The van der Waals surface area contributed by atoms with E-state index in [9.17, 15) is 19.2 Å². The summed E-state index contributed by atoms with van der Waals surface area (Å²) in [7, 11) is 1.36. The Morgan fingerprint density at radius 3 is 2.37 bits per heavy atom. The van der Waals surface area contributed by atoms with Crippen LogP contribution in [0, 0.1) is 0 Å². The van der Waals surface area contributed by atoms with Crippen LogP contribution in [0.5, 0.6) is 0 Å². The molecule has 0 saturated carbocycles. The Hall–Kier alpha value is -3.82. The Balaban J connectivity index is 1.32. The maximum atomic E-state index is 13.1. The van der Waals surface area contributed by atoms with Crippen LogP contribution < -0.4 is 16.9 Å². The lowest BCUT2D eigenvalue weighted by atomic mass is 10.0. The number of nitrogens with zero attached hydrogens (tertiary/aromatic N) is 4. The number of carbonyl (C=O) groups is 1. The quantitative estimate of drug-likeness (QED) is 0.408. The Kier molecular flexibility index (Phi) is 7.14. The first-order valence-corrected chi connectivity index (χ1v) is 12.9. The van der Waals surface area contributed by atoms with Gasteiger partial charge in [0, 0.05) is 44.1 Å².